The van der Waals surface area contributed by atoms with Crippen molar-refractivity contribution in [2.75, 3.05) is 32.8 Å². The van der Waals surface area contributed by atoms with Crippen molar-refractivity contribution in [1.29, 1.82) is 0 Å². The van der Waals surface area contributed by atoms with Crippen LogP contribution in [0.4, 0.5) is 0 Å². The van der Waals surface area contributed by atoms with Crippen molar-refractivity contribution >= 4 is 33.5 Å². The summed E-state index contributed by atoms with van der Waals surface area (Å²) in [5, 5.41) is 16.3. The Hall–Kier alpha value is -2.46. The second kappa shape index (κ2) is 10.6. The fourth-order valence-corrected chi connectivity index (χ4v) is 5.46. The van der Waals surface area contributed by atoms with Crippen molar-refractivity contribution in [2.24, 2.45) is 10.1 Å². The monoisotopic (exact) mass is 489 g/mol. The fourth-order valence-electron chi connectivity index (χ4n) is 4.07. The first-order valence-electron chi connectivity index (χ1n) is 11.1. The Morgan fingerprint density at radius 3 is 2.45 bits per heavy atom. The topological polar surface area (TPSA) is 97.6 Å². The number of hydrogen-bond acceptors (Lipinski definition) is 5. The molecule has 1 fully saturated rings. The molecule has 0 spiro atoms. The largest absolute Gasteiger partial charge is 0.394 e. The van der Waals surface area contributed by atoms with E-state index in [1.165, 1.54) is 4.31 Å². The zero-order chi connectivity index (χ0) is 23.3. The normalized spacial score (nSPS) is 20.1. The molecule has 2 heterocycles. The highest BCUT2D eigenvalue weighted by molar-refractivity contribution is 7.87. The number of halogens is 1. The van der Waals surface area contributed by atoms with Gasteiger partial charge in [0.25, 0.3) is 0 Å². The SMILES string of the molecule is O=S(=O)(NC(=NCCO)N1CC(c2ccccc2)C(c2ccc(Cl)cc2)=N1)N1CCCCC1. The summed E-state index contributed by atoms with van der Waals surface area (Å²) in [6.45, 7) is 1.24. The standard InChI is InChI=1S/C23H28ClN5O3S/c24-20-11-9-19(10-12-20)22-21(18-7-3-1-4-8-18)17-29(26-22)23(25-13-16-30)27-33(31,32)28-14-5-2-6-15-28/h1,3-4,7-12,21,30H,2,5-6,13-17H2,(H,25,27). The molecular formula is C23H28ClN5O3S. The van der Waals surface area contributed by atoms with Crippen LogP contribution >= 0.6 is 11.6 Å². The van der Waals surface area contributed by atoms with E-state index in [1.54, 1.807) is 5.01 Å². The Kier molecular flexibility index (Phi) is 7.64. The minimum absolute atomic E-state index is 0.0656. The van der Waals surface area contributed by atoms with Gasteiger partial charge < -0.3 is 5.11 Å². The lowest BCUT2D eigenvalue weighted by atomic mass is 9.91. The van der Waals surface area contributed by atoms with Gasteiger partial charge in [-0.3, -0.25) is 0 Å². The molecule has 2 aliphatic rings. The van der Waals surface area contributed by atoms with Gasteiger partial charge in [-0.15, -0.1) is 0 Å². The number of nitrogens with one attached hydrogen (secondary N) is 1. The number of hydrogen-bond donors (Lipinski definition) is 2. The number of guanidine groups is 1. The van der Waals surface area contributed by atoms with Crippen LogP contribution in [0, 0.1) is 0 Å². The molecule has 0 aliphatic carbocycles. The van der Waals surface area contributed by atoms with E-state index in [9.17, 15) is 13.5 Å². The van der Waals surface area contributed by atoms with Crippen molar-refractivity contribution in [2.45, 2.75) is 25.2 Å². The molecule has 0 radical (unpaired) electrons. The summed E-state index contributed by atoms with van der Waals surface area (Å²) in [5.74, 6) is 0.0192. The van der Waals surface area contributed by atoms with Gasteiger partial charge in [-0.25, -0.2) is 14.7 Å². The number of piperidine rings is 1. The van der Waals surface area contributed by atoms with Gasteiger partial charge in [0.1, 0.15) is 0 Å². The Balaban J connectivity index is 1.67. The number of aliphatic imine (C=N–C) groups is 1. The predicted molar refractivity (Wildman–Crippen MR) is 131 cm³/mol. The maximum Gasteiger partial charge on any atom is 0.303 e. The summed E-state index contributed by atoms with van der Waals surface area (Å²) in [4.78, 5) is 4.32. The minimum atomic E-state index is -3.78. The van der Waals surface area contributed by atoms with Gasteiger partial charge in [-0.1, -0.05) is 60.5 Å². The molecule has 2 aliphatic heterocycles. The molecule has 0 amide bonds. The Morgan fingerprint density at radius 2 is 1.79 bits per heavy atom. The quantitative estimate of drug-likeness (QED) is 0.481. The molecule has 33 heavy (non-hydrogen) atoms. The highest BCUT2D eigenvalue weighted by Gasteiger charge is 2.34. The molecule has 2 aromatic carbocycles. The van der Waals surface area contributed by atoms with E-state index < -0.39 is 10.2 Å². The molecular weight excluding hydrogens is 462 g/mol. The molecule has 1 atom stereocenters. The molecule has 2 aromatic rings. The first kappa shape index (κ1) is 23.7. The second-order valence-electron chi connectivity index (χ2n) is 8.03. The number of rotatable bonds is 6. The number of benzene rings is 2. The highest BCUT2D eigenvalue weighted by atomic mass is 35.5. The zero-order valence-electron chi connectivity index (χ0n) is 18.3. The van der Waals surface area contributed by atoms with E-state index in [0.717, 1.165) is 36.1 Å². The first-order chi connectivity index (χ1) is 16.0. The van der Waals surface area contributed by atoms with Crippen LogP contribution in [0.1, 0.15) is 36.3 Å². The Labute approximate surface area is 199 Å². The molecule has 0 saturated carbocycles. The van der Waals surface area contributed by atoms with Gasteiger partial charge in [-0.05, 0) is 36.1 Å². The number of aliphatic hydroxyl groups excluding tert-OH is 1. The molecule has 176 valence electrons. The third-order valence-corrected chi connectivity index (χ3v) is 7.47. The Bertz CT molecular complexity index is 1100. The average molecular weight is 490 g/mol. The first-order valence-corrected chi connectivity index (χ1v) is 12.9. The van der Waals surface area contributed by atoms with Gasteiger partial charge in [0, 0.05) is 24.0 Å². The number of hydrazone groups is 1. The van der Waals surface area contributed by atoms with Gasteiger partial charge in [0.15, 0.2) is 0 Å². The lowest BCUT2D eigenvalue weighted by Crippen LogP contribution is -2.49. The maximum absolute atomic E-state index is 13.0. The van der Waals surface area contributed by atoms with Gasteiger partial charge in [0.2, 0.25) is 5.96 Å². The predicted octanol–water partition coefficient (Wildman–Crippen LogP) is 2.81. The summed E-state index contributed by atoms with van der Waals surface area (Å²) >= 11 is 6.08. The van der Waals surface area contributed by atoms with Crippen LogP contribution in [0.2, 0.25) is 5.02 Å². The van der Waals surface area contributed by atoms with Crippen LogP contribution in [0.15, 0.2) is 64.7 Å². The highest BCUT2D eigenvalue weighted by Crippen LogP contribution is 2.29. The van der Waals surface area contributed by atoms with Crippen LogP contribution in [-0.4, -0.2) is 67.3 Å². The molecule has 10 heteroatoms. The van der Waals surface area contributed by atoms with E-state index in [4.69, 9.17) is 16.7 Å². The van der Waals surface area contributed by atoms with Gasteiger partial charge in [-0.2, -0.15) is 17.8 Å². The molecule has 0 bridgehead atoms. The maximum atomic E-state index is 13.0. The minimum Gasteiger partial charge on any atom is -0.394 e. The number of aliphatic hydroxyl groups is 1. The van der Waals surface area contributed by atoms with Crippen LogP contribution in [0.25, 0.3) is 0 Å². The van der Waals surface area contributed by atoms with Gasteiger partial charge in [0.05, 0.1) is 25.4 Å². The molecule has 1 saturated heterocycles. The smallest absolute Gasteiger partial charge is 0.303 e. The molecule has 8 nitrogen and oxygen atoms in total. The van der Waals surface area contributed by atoms with Crippen molar-refractivity contribution in [3.8, 4) is 0 Å². The van der Waals surface area contributed by atoms with E-state index in [1.807, 2.05) is 54.6 Å². The van der Waals surface area contributed by atoms with Crippen LogP contribution in [-0.2, 0) is 10.2 Å². The van der Waals surface area contributed by atoms with Crippen LogP contribution in [0.3, 0.4) is 0 Å². The van der Waals surface area contributed by atoms with E-state index in [-0.39, 0.29) is 25.0 Å². The third-order valence-electron chi connectivity index (χ3n) is 5.74. The molecule has 2 N–H and O–H groups in total. The van der Waals surface area contributed by atoms with E-state index in [2.05, 4.69) is 9.71 Å². The third kappa shape index (κ3) is 5.73. The van der Waals surface area contributed by atoms with Crippen LogP contribution in [0.5, 0.6) is 0 Å². The zero-order valence-corrected chi connectivity index (χ0v) is 19.8. The second-order valence-corrected chi connectivity index (χ2v) is 10.1. The lowest BCUT2D eigenvalue weighted by molar-refractivity contribution is 0.305. The van der Waals surface area contributed by atoms with E-state index >= 15 is 0 Å². The summed E-state index contributed by atoms with van der Waals surface area (Å²) in [5.41, 5.74) is 2.76. The fraction of sp³-hybridized carbons (Fsp3) is 0.391. The average Bonchev–Trinajstić information content (AvgIpc) is 3.29. The molecule has 4 rings (SSSR count). The molecule has 1 unspecified atom stereocenters. The van der Waals surface area contributed by atoms with Crippen molar-refractivity contribution < 1.29 is 13.5 Å². The lowest BCUT2D eigenvalue weighted by Gasteiger charge is -2.28. The van der Waals surface area contributed by atoms with Crippen LogP contribution < -0.4 is 4.72 Å². The van der Waals surface area contributed by atoms with Crippen molar-refractivity contribution in [1.82, 2.24) is 14.0 Å². The van der Waals surface area contributed by atoms with Crippen molar-refractivity contribution in [3.05, 3.63) is 70.7 Å². The summed E-state index contributed by atoms with van der Waals surface area (Å²) < 4.78 is 30.1. The molecule has 0 aromatic heterocycles. The Morgan fingerprint density at radius 1 is 1.09 bits per heavy atom. The van der Waals surface area contributed by atoms with Gasteiger partial charge >= 0.3 is 10.2 Å². The summed E-state index contributed by atoms with van der Waals surface area (Å²) in [7, 11) is -3.78. The van der Waals surface area contributed by atoms with Crippen molar-refractivity contribution in [3.63, 3.8) is 0 Å². The number of nitrogens with zero attached hydrogens (tertiary/aromatic N) is 4. The van der Waals surface area contributed by atoms with E-state index in [0.29, 0.717) is 24.7 Å². The summed E-state index contributed by atoms with van der Waals surface area (Å²) in [6, 6.07) is 17.4. The summed E-state index contributed by atoms with van der Waals surface area (Å²) in [6.07, 6.45) is 2.70.